The van der Waals surface area contributed by atoms with E-state index in [1.165, 1.54) is 0 Å². The Kier molecular flexibility index (Phi) is 6.25. The third-order valence-corrected chi connectivity index (χ3v) is 2.16. The van der Waals surface area contributed by atoms with Crippen molar-refractivity contribution in [2.24, 2.45) is 5.92 Å². The molecule has 1 N–H and O–H groups in total. The van der Waals surface area contributed by atoms with Crippen molar-refractivity contribution in [1.29, 1.82) is 0 Å². The summed E-state index contributed by atoms with van der Waals surface area (Å²) in [6, 6.07) is 3.77. The lowest BCUT2D eigenvalue weighted by Crippen LogP contribution is -2.24. The number of hydrogen-bond acceptors (Lipinski definition) is 3. The molecule has 1 amide bonds. The minimum absolute atomic E-state index is 0.0190. The molecule has 4 nitrogen and oxygen atoms in total. The van der Waals surface area contributed by atoms with Crippen molar-refractivity contribution in [3.8, 4) is 0 Å². The third-order valence-electron chi connectivity index (χ3n) is 2.16. The minimum Gasteiger partial charge on any atom is -0.381 e. The lowest BCUT2D eigenvalue weighted by Gasteiger charge is -2.07. The largest absolute Gasteiger partial charge is 0.381 e. The van der Waals surface area contributed by atoms with Gasteiger partial charge in [-0.25, -0.2) is 0 Å². The zero-order valence-electron chi connectivity index (χ0n) is 10.5. The summed E-state index contributed by atoms with van der Waals surface area (Å²) in [4.78, 5) is 15.4. The first-order valence-corrected chi connectivity index (χ1v) is 5.92. The van der Waals surface area contributed by atoms with Crippen molar-refractivity contribution in [3.63, 3.8) is 0 Å². The second-order valence-electron chi connectivity index (χ2n) is 4.35. The number of ether oxygens (including phenoxy) is 1. The van der Waals surface area contributed by atoms with E-state index in [2.05, 4.69) is 24.1 Å². The molecule has 1 heterocycles. The molecular weight excluding hydrogens is 216 g/mol. The monoisotopic (exact) mass is 236 g/mol. The molecular formula is C13H20N2O2. The van der Waals surface area contributed by atoms with E-state index in [1.807, 2.05) is 12.1 Å². The number of nitrogens with zero attached hydrogens (tertiary/aromatic N) is 1. The summed E-state index contributed by atoms with van der Waals surface area (Å²) < 4.78 is 5.35. The summed E-state index contributed by atoms with van der Waals surface area (Å²) in [7, 11) is 0. The minimum atomic E-state index is 0.0190. The Morgan fingerprint density at radius 1 is 1.41 bits per heavy atom. The van der Waals surface area contributed by atoms with Crippen LogP contribution in [0.5, 0.6) is 0 Å². The van der Waals surface area contributed by atoms with E-state index in [0.29, 0.717) is 32.1 Å². The second kappa shape index (κ2) is 7.79. The highest BCUT2D eigenvalue weighted by molar-refractivity contribution is 5.75. The lowest BCUT2D eigenvalue weighted by atomic mass is 10.2. The van der Waals surface area contributed by atoms with E-state index in [4.69, 9.17) is 4.74 Å². The number of nitrogens with one attached hydrogen (secondary N) is 1. The normalized spacial score (nSPS) is 10.5. The quantitative estimate of drug-likeness (QED) is 0.734. The Bertz CT molecular complexity index is 325. The van der Waals surface area contributed by atoms with Gasteiger partial charge in [0.05, 0.1) is 6.61 Å². The molecule has 0 bridgehead atoms. The molecule has 0 atom stereocenters. The average molecular weight is 236 g/mol. The van der Waals surface area contributed by atoms with Gasteiger partial charge in [0.15, 0.2) is 0 Å². The number of amides is 1. The van der Waals surface area contributed by atoms with Crippen LogP contribution in [0, 0.1) is 5.92 Å². The molecule has 4 heteroatoms. The summed E-state index contributed by atoms with van der Waals surface area (Å²) in [6.07, 6.45) is 3.85. The van der Waals surface area contributed by atoms with E-state index in [0.717, 1.165) is 5.56 Å². The molecule has 0 unspecified atom stereocenters. The van der Waals surface area contributed by atoms with Crippen LogP contribution in [-0.4, -0.2) is 24.1 Å². The summed E-state index contributed by atoms with van der Waals surface area (Å²) in [5.41, 5.74) is 1.05. The van der Waals surface area contributed by atoms with Crippen LogP contribution < -0.4 is 5.32 Å². The van der Waals surface area contributed by atoms with Crippen LogP contribution in [-0.2, 0) is 16.1 Å². The van der Waals surface area contributed by atoms with Crippen LogP contribution in [0.1, 0.15) is 25.8 Å². The Morgan fingerprint density at radius 2 is 2.12 bits per heavy atom. The summed E-state index contributed by atoms with van der Waals surface area (Å²) in [5.74, 6) is 0.528. The number of pyridine rings is 1. The molecule has 0 aliphatic heterocycles. The van der Waals surface area contributed by atoms with E-state index >= 15 is 0 Å². The molecule has 0 saturated carbocycles. The van der Waals surface area contributed by atoms with Gasteiger partial charge < -0.3 is 10.1 Å². The van der Waals surface area contributed by atoms with Crippen molar-refractivity contribution in [2.75, 3.05) is 13.2 Å². The van der Waals surface area contributed by atoms with Gasteiger partial charge >= 0.3 is 0 Å². The van der Waals surface area contributed by atoms with Crippen molar-refractivity contribution < 1.29 is 9.53 Å². The maximum atomic E-state index is 11.5. The van der Waals surface area contributed by atoms with Gasteiger partial charge in [-0.05, 0) is 23.6 Å². The van der Waals surface area contributed by atoms with Crippen molar-refractivity contribution in [2.45, 2.75) is 26.8 Å². The highest BCUT2D eigenvalue weighted by Gasteiger charge is 2.01. The first-order valence-electron chi connectivity index (χ1n) is 5.92. The maximum absolute atomic E-state index is 11.5. The molecule has 17 heavy (non-hydrogen) atoms. The zero-order chi connectivity index (χ0) is 12.5. The zero-order valence-corrected chi connectivity index (χ0v) is 10.5. The fraction of sp³-hybridized carbons (Fsp3) is 0.538. The van der Waals surface area contributed by atoms with Gasteiger partial charge in [0.25, 0.3) is 0 Å². The molecule has 0 saturated heterocycles. The first kappa shape index (κ1) is 13.6. The molecule has 0 spiro atoms. The van der Waals surface area contributed by atoms with Gasteiger partial charge in [-0.2, -0.15) is 0 Å². The Labute approximate surface area is 102 Å². The number of carbonyl (C=O) groups excluding carboxylic acids is 1. The van der Waals surface area contributed by atoms with Gasteiger partial charge in [0, 0.05) is 32.0 Å². The van der Waals surface area contributed by atoms with E-state index in [-0.39, 0.29) is 5.91 Å². The molecule has 1 rings (SSSR count). The van der Waals surface area contributed by atoms with Gasteiger partial charge in [-0.15, -0.1) is 0 Å². The van der Waals surface area contributed by atoms with Crippen LogP contribution in [0.4, 0.5) is 0 Å². The smallest absolute Gasteiger partial charge is 0.222 e. The van der Waals surface area contributed by atoms with Gasteiger partial charge in [-0.3, -0.25) is 9.78 Å². The molecule has 0 aliphatic rings. The van der Waals surface area contributed by atoms with Gasteiger partial charge in [-0.1, -0.05) is 13.8 Å². The second-order valence-corrected chi connectivity index (χ2v) is 4.35. The fourth-order valence-electron chi connectivity index (χ4n) is 1.27. The molecule has 0 radical (unpaired) electrons. The summed E-state index contributed by atoms with van der Waals surface area (Å²) in [6.45, 7) is 5.91. The van der Waals surface area contributed by atoms with Gasteiger partial charge in [0.1, 0.15) is 0 Å². The van der Waals surface area contributed by atoms with E-state index in [9.17, 15) is 4.79 Å². The predicted octanol–water partition coefficient (Wildman–Crippen LogP) is 1.76. The Morgan fingerprint density at radius 3 is 2.76 bits per heavy atom. The van der Waals surface area contributed by atoms with Crippen molar-refractivity contribution in [1.82, 2.24) is 10.3 Å². The molecule has 0 aromatic carbocycles. The molecule has 1 aromatic rings. The number of aromatic nitrogens is 1. The van der Waals surface area contributed by atoms with Crippen molar-refractivity contribution >= 4 is 5.91 Å². The molecule has 0 aliphatic carbocycles. The lowest BCUT2D eigenvalue weighted by molar-refractivity contribution is -0.122. The Hall–Kier alpha value is -1.42. The summed E-state index contributed by atoms with van der Waals surface area (Å²) in [5, 5.41) is 2.84. The number of carbonyl (C=O) groups is 1. The third kappa shape index (κ3) is 6.68. The average Bonchev–Trinajstić information content (AvgIpc) is 2.33. The van der Waals surface area contributed by atoms with E-state index < -0.39 is 0 Å². The van der Waals surface area contributed by atoms with Crippen LogP contribution in [0.15, 0.2) is 24.5 Å². The maximum Gasteiger partial charge on any atom is 0.222 e. The predicted molar refractivity (Wildman–Crippen MR) is 66.4 cm³/mol. The van der Waals surface area contributed by atoms with Crippen LogP contribution >= 0.6 is 0 Å². The van der Waals surface area contributed by atoms with Crippen LogP contribution in [0.2, 0.25) is 0 Å². The van der Waals surface area contributed by atoms with Crippen LogP contribution in [0.25, 0.3) is 0 Å². The van der Waals surface area contributed by atoms with Crippen molar-refractivity contribution in [3.05, 3.63) is 30.1 Å². The van der Waals surface area contributed by atoms with E-state index in [1.54, 1.807) is 12.4 Å². The topological polar surface area (TPSA) is 51.2 Å². The standard InChI is InChI=1S/C13H20N2O2/c1-11(2)10-17-8-5-13(16)15-9-12-3-6-14-7-4-12/h3-4,6-7,11H,5,8-10H2,1-2H3,(H,15,16). The Balaban J connectivity index is 2.09. The first-order chi connectivity index (χ1) is 8.18. The molecule has 1 aromatic heterocycles. The number of rotatable bonds is 7. The number of hydrogen-bond donors (Lipinski definition) is 1. The highest BCUT2D eigenvalue weighted by atomic mass is 16.5. The summed E-state index contributed by atoms with van der Waals surface area (Å²) >= 11 is 0. The van der Waals surface area contributed by atoms with Crippen LogP contribution in [0.3, 0.4) is 0 Å². The molecule has 94 valence electrons. The van der Waals surface area contributed by atoms with Gasteiger partial charge in [0.2, 0.25) is 5.91 Å². The fourth-order valence-corrected chi connectivity index (χ4v) is 1.27. The SMILES string of the molecule is CC(C)COCCC(=O)NCc1ccncc1. The highest BCUT2D eigenvalue weighted by Crippen LogP contribution is 1.96. The molecule has 0 fully saturated rings.